The maximum atomic E-state index is 14.2. The van der Waals surface area contributed by atoms with Crippen LogP contribution in [0.3, 0.4) is 0 Å². The van der Waals surface area contributed by atoms with Crippen LogP contribution in [0.2, 0.25) is 0 Å². The number of Topliss-reactive ketones (excluding diaryl/α,β-unsaturated/α-hetero) is 3. The average molecular weight is 561 g/mol. The third-order valence-electron chi connectivity index (χ3n) is 10.1. The molecule has 0 radical (unpaired) electrons. The van der Waals surface area contributed by atoms with Gasteiger partial charge in [-0.15, -0.1) is 0 Å². The molecule has 0 fully saturated rings. The van der Waals surface area contributed by atoms with Crippen LogP contribution in [-0.2, 0) is 16.0 Å². The molecule has 0 saturated carbocycles. The first-order valence-corrected chi connectivity index (χ1v) is 14.5. The van der Waals surface area contributed by atoms with E-state index in [0.29, 0.717) is 5.56 Å². The molecule has 0 heterocycles. The van der Waals surface area contributed by atoms with Gasteiger partial charge in [0, 0.05) is 22.3 Å². The monoisotopic (exact) mass is 560 g/mol. The summed E-state index contributed by atoms with van der Waals surface area (Å²) in [5.41, 5.74) is -1.91. The van der Waals surface area contributed by atoms with Crippen LogP contribution in [0.4, 0.5) is 0 Å². The Morgan fingerprint density at radius 1 is 1.07 bits per heavy atom. The molecule has 7 nitrogen and oxygen atoms in total. The Kier molecular flexibility index (Phi) is 6.77. The number of hydrogen-bond donors (Lipinski definition) is 4. The molecule has 1 aromatic carbocycles. The van der Waals surface area contributed by atoms with Gasteiger partial charge < -0.3 is 20.4 Å². The molecular formula is C34H40O7. The highest BCUT2D eigenvalue weighted by atomic mass is 16.3. The molecule has 0 aliphatic heterocycles. The molecule has 7 heteroatoms. The van der Waals surface area contributed by atoms with Crippen LogP contribution in [0.1, 0.15) is 95.1 Å². The van der Waals surface area contributed by atoms with Gasteiger partial charge in [-0.2, -0.15) is 0 Å². The molecule has 4 N–H and O–H groups in total. The van der Waals surface area contributed by atoms with Gasteiger partial charge in [0.05, 0.1) is 5.56 Å². The van der Waals surface area contributed by atoms with E-state index in [-0.39, 0.29) is 41.4 Å². The summed E-state index contributed by atoms with van der Waals surface area (Å²) in [5, 5.41) is 46.1. The zero-order valence-electron chi connectivity index (χ0n) is 24.7. The first kappa shape index (κ1) is 29.1. The van der Waals surface area contributed by atoms with E-state index in [1.54, 1.807) is 13.0 Å². The van der Waals surface area contributed by atoms with Gasteiger partial charge in [0.15, 0.2) is 17.2 Å². The number of hydrogen-bond acceptors (Lipinski definition) is 7. The van der Waals surface area contributed by atoms with Gasteiger partial charge in [-0.05, 0) is 86.6 Å². The molecule has 4 atom stereocenters. The summed E-state index contributed by atoms with van der Waals surface area (Å²) in [6, 6.07) is 3.25. The molecule has 0 bridgehead atoms. The molecule has 218 valence electrons. The van der Waals surface area contributed by atoms with Crippen molar-refractivity contribution in [3.05, 3.63) is 68.7 Å². The first-order valence-electron chi connectivity index (χ1n) is 14.5. The van der Waals surface area contributed by atoms with E-state index in [0.717, 1.165) is 37.3 Å². The minimum atomic E-state index is -2.60. The van der Waals surface area contributed by atoms with Crippen molar-refractivity contribution >= 4 is 23.4 Å². The summed E-state index contributed by atoms with van der Waals surface area (Å²) in [7, 11) is 0. The Morgan fingerprint density at radius 2 is 1.76 bits per heavy atom. The summed E-state index contributed by atoms with van der Waals surface area (Å²) in [4.78, 5) is 40.5. The van der Waals surface area contributed by atoms with E-state index < -0.39 is 51.0 Å². The number of aliphatic hydroxyl groups is 3. The van der Waals surface area contributed by atoms with Gasteiger partial charge in [-0.3, -0.25) is 14.4 Å². The number of carbonyl (C=O) groups excluding carboxylic acids is 3. The average Bonchev–Trinajstić information content (AvgIpc) is 2.87. The van der Waals surface area contributed by atoms with Crippen LogP contribution in [0.5, 0.6) is 5.75 Å². The van der Waals surface area contributed by atoms with Gasteiger partial charge >= 0.3 is 0 Å². The molecule has 0 saturated heterocycles. The van der Waals surface area contributed by atoms with Crippen molar-refractivity contribution in [3.8, 4) is 5.75 Å². The molecule has 1 aromatic rings. The van der Waals surface area contributed by atoms with Crippen LogP contribution in [0.25, 0.3) is 6.08 Å². The molecule has 4 aliphatic rings. The number of phenols is 1. The number of fused-ring (bicyclic) bond motifs is 3. The lowest BCUT2D eigenvalue weighted by molar-refractivity contribution is -0.171. The predicted molar refractivity (Wildman–Crippen MR) is 155 cm³/mol. The number of aromatic hydroxyl groups is 1. The SMILES string of the molecule is CC(=O)C1=C(O)C(C(C)C)[C@@]2(C)C[C@@]3(C)Cc4c(/C=C(\C)C5=CCCCC5)ccc(O)c4C(=O)C3=C(O)[C@@]2(O)C1=O. The van der Waals surface area contributed by atoms with Crippen LogP contribution in [0, 0.1) is 22.7 Å². The number of carbonyl (C=O) groups is 3. The van der Waals surface area contributed by atoms with E-state index in [1.165, 1.54) is 18.1 Å². The van der Waals surface area contributed by atoms with Crippen molar-refractivity contribution in [1.29, 1.82) is 0 Å². The van der Waals surface area contributed by atoms with Gasteiger partial charge in [0.2, 0.25) is 5.78 Å². The van der Waals surface area contributed by atoms with E-state index in [2.05, 4.69) is 6.08 Å². The van der Waals surface area contributed by atoms with E-state index in [4.69, 9.17) is 0 Å². The standard InChI is InChI=1S/C34H40O7/c1-17(2)26-28(37)24(19(4)35)30(39)34(41)31(40)27-29(38)25-22(15-32(27,5)16-33(26,34)6)21(12-13-23(25)36)14-18(3)20-10-8-7-9-11-20/h10,12-14,17,26,36-37,40-41H,7-9,11,15-16H2,1-6H3/b18-14+/t26?,32-,33-,34+/m1/s1. The molecule has 1 unspecified atom stereocenters. The zero-order chi connectivity index (χ0) is 30.2. The minimum absolute atomic E-state index is 0.0456. The van der Waals surface area contributed by atoms with Gasteiger partial charge in [-0.25, -0.2) is 0 Å². The quantitative estimate of drug-likeness (QED) is 0.320. The number of phenolic OH excluding ortho intramolecular Hbond substituents is 1. The highest BCUT2D eigenvalue weighted by Crippen LogP contribution is 2.65. The van der Waals surface area contributed by atoms with Crippen molar-refractivity contribution in [1.82, 2.24) is 0 Å². The summed E-state index contributed by atoms with van der Waals surface area (Å²) in [6.45, 7) is 10.3. The maximum Gasteiger partial charge on any atom is 0.209 e. The van der Waals surface area contributed by atoms with Crippen molar-refractivity contribution in [3.63, 3.8) is 0 Å². The second kappa shape index (κ2) is 9.55. The molecular weight excluding hydrogens is 520 g/mol. The molecule has 41 heavy (non-hydrogen) atoms. The summed E-state index contributed by atoms with van der Waals surface area (Å²) in [6.07, 6.45) is 8.93. The molecule has 0 spiro atoms. The minimum Gasteiger partial charge on any atom is -0.511 e. The Balaban J connectivity index is 1.75. The Labute approximate surface area is 241 Å². The number of allylic oxidation sites excluding steroid dienone is 5. The highest BCUT2D eigenvalue weighted by Gasteiger charge is 2.71. The molecule has 5 rings (SSSR count). The lowest BCUT2D eigenvalue weighted by Crippen LogP contribution is -2.67. The fraction of sp³-hybridized carbons (Fsp3) is 0.500. The fourth-order valence-corrected chi connectivity index (χ4v) is 8.41. The highest BCUT2D eigenvalue weighted by molar-refractivity contribution is 6.25. The van der Waals surface area contributed by atoms with Crippen LogP contribution < -0.4 is 0 Å². The van der Waals surface area contributed by atoms with Crippen LogP contribution in [0.15, 0.2) is 52.0 Å². The smallest absolute Gasteiger partial charge is 0.209 e. The third-order valence-corrected chi connectivity index (χ3v) is 10.1. The van der Waals surface area contributed by atoms with E-state index >= 15 is 0 Å². The maximum absolute atomic E-state index is 14.2. The second-order valence-electron chi connectivity index (χ2n) is 13.3. The normalized spacial score (nSPS) is 32.0. The third kappa shape index (κ3) is 3.92. The summed E-state index contributed by atoms with van der Waals surface area (Å²) in [5.74, 6) is -5.06. The van der Waals surface area contributed by atoms with Crippen molar-refractivity contribution in [2.45, 2.75) is 85.7 Å². The number of benzene rings is 1. The predicted octanol–water partition coefficient (Wildman–Crippen LogP) is 6.25. The first-order chi connectivity index (χ1) is 19.1. The number of ketones is 3. The van der Waals surface area contributed by atoms with E-state index in [1.807, 2.05) is 33.8 Å². The fourth-order valence-electron chi connectivity index (χ4n) is 8.41. The van der Waals surface area contributed by atoms with E-state index in [9.17, 15) is 34.8 Å². The molecule has 0 aromatic heterocycles. The van der Waals surface area contributed by atoms with Gasteiger partial charge in [0.1, 0.15) is 22.8 Å². The Morgan fingerprint density at radius 3 is 2.34 bits per heavy atom. The van der Waals surface area contributed by atoms with Gasteiger partial charge in [0.25, 0.3) is 0 Å². The largest absolute Gasteiger partial charge is 0.511 e. The Bertz CT molecular complexity index is 1520. The van der Waals surface area contributed by atoms with Crippen molar-refractivity contribution in [2.24, 2.45) is 22.7 Å². The molecule has 4 aliphatic carbocycles. The summed E-state index contributed by atoms with van der Waals surface area (Å²) < 4.78 is 0. The van der Waals surface area contributed by atoms with Gasteiger partial charge in [-0.1, -0.05) is 45.9 Å². The number of aliphatic hydroxyl groups excluding tert-OH is 2. The van der Waals surface area contributed by atoms with Crippen molar-refractivity contribution in [2.75, 3.05) is 0 Å². The second-order valence-corrected chi connectivity index (χ2v) is 13.3. The topological polar surface area (TPSA) is 132 Å². The lowest BCUT2D eigenvalue weighted by atomic mass is 9.44. The van der Waals surface area contributed by atoms with Crippen molar-refractivity contribution < 1.29 is 34.8 Å². The lowest BCUT2D eigenvalue weighted by Gasteiger charge is -2.59. The van der Waals surface area contributed by atoms with Crippen LogP contribution >= 0.6 is 0 Å². The molecule has 0 amide bonds. The zero-order valence-corrected chi connectivity index (χ0v) is 24.7. The number of rotatable bonds is 4. The Hall–Kier alpha value is -3.45. The van der Waals surface area contributed by atoms with Crippen LogP contribution in [-0.4, -0.2) is 43.4 Å². The summed E-state index contributed by atoms with van der Waals surface area (Å²) >= 11 is 0.